The second kappa shape index (κ2) is 5.38. The van der Waals surface area contributed by atoms with E-state index in [9.17, 15) is 14.4 Å². The number of hydrogen-bond donors (Lipinski definition) is 0. The van der Waals surface area contributed by atoms with Gasteiger partial charge in [0.15, 0.2) is 11.6 Å². The van der Waals surface area contributed by atoms with Crippen molar-refractivity contribution in [3.63, 3.8) is 0 Å². The third-order valence-electron chi connectivity index (χ3n) is 2.37. The number of ether oxygens (including phenoxy) is 1. The van der Waals surface area contributed by atoms with Crippen molar-refractivity contribution in [1.82, 2.24) is 15.0 Å². The highest BCUT2D eigenvalue weighted by Gasteiger charge is 2.14. The van der Waals surface area contributed by atoms with Crippen LogP contribution in [0.2, 0.25) is 0 Å². The molecule has 7 nitrogen and oxygen atoms in total. The smallest absolute Gasteiger partial charge is 0.303 e. The fourth-order valence-electron chi connectivity index (χ4n) is 1.51. The Morgan fingerprint density at radius 3 is 2.89 bits per heavy atom. The summed E-state index contributed by atoms with van der Waals surface area (Å²) in [7, 11) is 0. The SMILES string of the molecule is CC(=O)OCc1cn(CC2=CC(=O)C=CC2=O)nn1. The molecule has 0 aliphatic heterocycles. The van der Waals surface area contributed by atoms with Crippen molar-refractivity contribution >= 4 is 17.5 Å². The van der Waals surface area contributed by atoms with E-state index in [-0.39, 0.29) is 24.7 Å². The number of carbonyl (C=O) groups excluding carboxylic acids is 3. The lowest BCUT2D eigenvalue weighted by molar-refractivity contribution is -0.142. The lowest BCUT2D eigenvalue weighted by Gasteiger charge is -2.05. The van der Waals surface area contributed by atoms with Gasteiger partial charge in [0, 0.05) is 12.5 Å². The van der Waals surface area contributed by atoms with Crippen LogP contribution in [0.3, 0.4) is 0 Å². The van der Waals surface area contributed by atoms with Crippen LogP contribution >= 0.6 is 0 Å². The molecule has 98 valence electrons. The lowest BCUT2D eigenvalue weighted by Crippen LogP contribution is -2.13. The molecule has 0 bridgehead atoms. The summed E-state index contributed by atoms with van der Waals surface area (Å²) in [5.41, 5.74) is 0.817. The Kier molecular flexibility index (Phi) is 3.65. The van der Waals surface area contributed by atoms with Gasteiger partial charge in [-0.15, -0.1) is 5.10 Å². The average Bonchev–Trinajstić information content (AvgIpc) is 2.79. The lowest BCUT2D eigenvalue weighted by atomic mass is 10.0. The van der Waals surface area contributed by atoms with Crippen LogP contribution in [-0.4, -0.2) is 32.5 Å². The molecule has 0 aromatic carbocycles. The molecule has 0 fully saturated rings. The quantitative estimate of drug-likeness (QED) is 0.558. The number of ketones is 2. The van der Waals surface area contributed by atoms with E-state index in [0.29, 0.717) is 11.3 Å². The predicted molar refractivity (Wildman–Crippen MR) is 62.7 cm³/mol. The summed E-state index contributed by atoms with van der Waals surface area (Å²) in [6.07, 6.45) is 5.28. The Morgan fingerprint density at radius 1 is 1.37 bits per heavy atom. The van der Waals surface area contributed by atoms with Gasteiger partial charge >= 0.3 is 5.97 Å². The molecule has 1 aromatic rings. The van der Waals surface area contributed by atoms with Crippen molar-refractivity contribution < 1.29 is 19.1 Å². The molecule has 0 saturated heterocycles. The zero-order valence-electron chi connectivity index (χ0n) is 10.2. The Balaban J connectivity index is 2.02. The van der Waals surface area contributed by atoms with Crippen molar-refractivity contribution in [2.75, 3.05) is 0 Å². The minimum atomic E-state index is -0.407. The molecule has 1 heterocycles. The predicted octanol–water partition coefficient (Wildman–Crippen LogP) is -0.0244. The van der Waals surface area contributed by atoms with E-state index < -0.39 is 5.97 Å². The van der Waals surface area contributed by atoms with Gasteiger partial charge in [-0.25, -0.2) is 4.68 Å². The van der Waals surface area contributed by atoms with Crippen LogP contribution in [-0.2, 0) is 32.3 Å². The van der Waals surface area contributed by atoms with Crippen LogP contribution < -0.4 is 0 Å². The number of allylic oxidation sites excluding steroid dienone is 4. The Morgan fingerprint density at radius 2 is 2.16 bits per heavy atom. The van der Waals surface area contributed by atoms with Gasteiger partial charge in [-0.1, -0.05) is 5.21 Å². The summed E-state index contributed by atoms with van der Waals surface area (Å²) >= 11 is 0. The van der Waals surface area contributed by atoms with E-state index in [0.717, 1.165) is 0 Å². The highest BCUT2D eigenvalue weighted by molar-refractivity contribution is 6.17. The van der Waals surface area contributed by atoms with E-state index in [2.05, 4.69) is 10.3 Å². The van der Waals surface area contributed by atoms with E-state index in [1.807, 2.05) is 0 Å². The first-order valence-corrected chi connectivity index (χ1v) is 5.54. The largest absolute Gasteiger partial charge is 0.459 e. The summed E-state index contributed by atoms with van der Waals surface area (Å²) in [5, 5.41) is 7.59. The molecule has 0 N–H and O–H groups in total. The molecular weight excluding hydrogens is 250 g/mol. The van der Waals surface area contributed by atoms with E-state index in [4.69, 9.17) is 4.74 Å². The highest BCUT2D eigenvalue weighted by atomic mass is 16.5. The summed E-state index contributed by atoms with van der Waals surface area (Å²) in [5.74, 6) is -0.859. The standard InChI is InChI=1S/C12H11N3O4/c1-8(16)19-7-10-6-15(14-13-10)5-9-4-11(17)2-3-12(9)18/h2-4,6H,5,7H2,1H3. The first kappa shape index (κ1) is 12.9. The summed E-state index contributed by atoms with van der Waals surface area (Å²) in [6.45, 7) is 1.48. The third-order valence-corrected chi connectivity index (χ3v) is 2.37. The maximum Gasteiger partial charge on any atom is 0.303 e. The van der Waals surface area contributed by atoms with E-state index in [1.54, 1.807) is 6.20 Å². The van der Waals surface area contributed by atoms with Gasteiger partial charge in [-0.05, 0) is 18.2 Å². The second-order valence-corrected chi connectivity index (χ2v) is 3.96. The topological polar surface area (TPSA) is 91.2 Å². The van der Waals surface area contributed by atoms with Crippen molar-refractivity contribution in [2.45, 2.75) is 20.1 Å². The minimum absolute atomic E-state index is 0.0289. The van der Waals surface area contributed by atoms with Gasteiger partial charge in [0.2, 0.25) is 0 Å². The molecule has 0 unspecified atom stereocenters. The highest BCUT2D eigenvalue weighted by Crippen LogP contribution is 2.08. The monoisotopic (exact) mass is 261 g/mol. The average molecular weight is 261 g/mol. The van der Waals surface area contributed by atoms with Gasteiger partial charge in [0.1, 0.15) is 12.3 Å². The number of rotatable bonds is 4. The van der Waals surface area contributed by atoms with Gasteiger partial charge in [0.05, 0.1) is 12.7 Å². The molecule has 0 atom stereocenters. The van der Waals surface area contributed by atoms with Crippen LogP contribution in [0.25, 0.3) is 0 Å². The Labute approximate surface area is 108 Å². The van der Waals surface area contributed by atoms with Crippen LogP contribution in [0.5, 0.6) is 0 Å². The maximum atomic E-state index is 11.5. The van der Waals surface area contributed by atoms with Crippen LogP contribution in [0.1, 0.15) is 12.6 Å². The molecule has 0 radical (unpaired) electrons. The third kappa shape index (κ3) is 3.44. The Hall–Kier alpha value is -2.57. The Bertz CT molecular complexity index is 598. The van der Waals surface area contributed by atoms with Gasteiger partial charge in [0.25, 0.3) is 0 Å². The van der Waals surface area contributed by atoms with E-state index >= 15 is 0 Å². The minimum Gasteiger partial charge on any atom is -0.459 e. The molecule has 19 heavy (non-hydrogen) atoms. The van der Waals surface area contributed by atoms with Crippen LogP contribution in [0.4, 0.5) is 0 Å². The van der Waals surface area contributed by atoms with Crippen LogP contribution in [0, 0.1) is 0 Å². The molecular formula is C12H11N3O4. The molecule has 2 rings (SSSR count). The summed E-state index contributed by atoms with van der Waals surface area (Å²) in [4.78, 5) is 33.3. The van der Waals surface area contributed by atoms with Crippen molar-refractivity contribution in [3.8, 4) is 0 Å². The van der Waals surface area contributed by atoms with Crippen LogP contribution in [0.15, 0.2) is 30.0 Å². The first-order chi connectivity index (χ1) is 9.04. The molecule has 0 saturated carbocycles. The maximum absolute atomic E-state index is 11.5. The van der Waals surface area contributed by atoms with Gasteiger partial charge < -0.3 is 4.74 Å². The molecule has 0 amide bonds. The number of hydrogen-bond acceptors (Lipinski definition) is 6. The normalized spacial score (nSPS) is 14.5. The molecule has 7 heteroatoms. The summed E-state index contributed by atoms with van der Waals surface area (Å²) < 4.78 is 6.18. The molecule has 0 spiro atoms. The number of esters is 1. The zero-order chi connectivity index (χ0) is 13.8. The number of carbonyl (C=O) groups is 3. The van der Waals surface area contributed by atoms with Crippen molar-refractivity contribution in [2.24, 2.45) is 0 Å². The van der Waals surface area contributed by atoms with Crippen molar-refractivity contribution in [1.29, 1.82) is 0 Å². The van der Waals surface area contributed by atoms with Gasteiger partial charge in [-0.2, -0.15) is 0 Å². The van der Waals surface area contributed by atoms with E-state index in [1.165, 1.54) is 29.8 Å². The first-order valence-electron chi connectivity index (χ1n) is 5.54. The second-order valence-electron chi connectivity index (χ2n) is 3.96. The fourth-order valence-corrected chi connectivity index (χ4v) is 1.51. The van der Waals surface area contributed by atoms with Crippen molar-refractivity contribution in [3.05, 3.63) is 35.7 Å². The fraction of sp³-hybridized carbons (Fsp3) is 0.250. The molecule has 1 aliphatic carbocycles. The summed E-state index contributed by atoms with van der Waals surface area (Å²) in [6, 6.07) is 0. The number of aromatic nitrogens is 3. The zero-order valence-corrected chi connectivity index (χ0v) is 10.2. The van der Waals surface area contributed by atoms with Gasteiger partial charge in [-0.3, -0.25) is 14.4 Å². The number of nitrogens with zero attached hydrogens (tertiary/aromatic N) is 3. The molecule has 1 aliphatic rings. The molecule has 1 aromatic heterocycles.